The van der Waals surface area contributed by atoms with Crippen molar-refractivity contribution in [1.29, 1.82) is 0 Å². The summed E-state index contributed by atoms with van der Waals surface area (Å²) in [5, 5.41) is 19.2. The van der Waals surface area contributed by atoms with Crippen LogP contribution in [0.25, 0.3) is 0 Å². The standard InChI is InChI=1S/C10H12BrFO2S/c11-7-3-6(4-8(12)5-7)10(14)9(13)1-2-15/h3-5,9-10,13-15H,1-2H2. The summed E-state index contributed by atoms with van der Waals surface area (Å²) in [7, 11) is 0. The van der Waals surface area contributed by atoms with E-state index in [9.17, 15) is 14.6 Å². The van der Waals surface area contributed by atoms with E-state index >= 15 is 0 Å². The normalized spacial score (nSPS) is 15.0. The number of halogens is 2. The predicted octanol–water partition coefficient (Wildman–Crippen LogP) is 2.30. The molecular weight excluding hydrogens is 283 g/mol. The third-order valence-corrected chi connectivity index (χ3v) is 2.73. The van der Waals surface area contributed by atoms with Crippen LogP contribution in [0.15, 0.2) is 22.7 Å². The summed E-state index contributed by atoms with van der Waals surface area (Å²) in [6.07, 6.45) is -1.64. The van der Waals surface area contributed by atoms with Crippen molar-refractivity contribution in [2.75, 3.05) is 5.75 Å². The number of benzene rings is 1. The molecular formula is C10H12BrFO2S. The zero-order valence-electron chi connectivity index (χ0n) is 7.90. The van der Waals surface area contributed by atoms with Gasteiger partial charge in [0, 0.05) is 4.47 Å². The number of hydrogen-bond donors (Lipinski definition) is 3. The van der Waals surface area contributed by atoms with Crippen LogP contribution in [0.1, 0.15) is 18.1 Å². The van der Waals surface area contributed by atoms with E-state index in [4.69, 9.17) is 0 Å². The highest BCUT2D eigenvalue weighted by molar-refractivity contribution is 9.10. The van der Waals surface area contributed by atoms with Crippen LogP contribution in [0.3, 0.4) is 0 Å². The average molecular weight is 295 g/mol. The Morgan fingerprint density at radius 3 is 2.53 bits per heavy atom. The minimum atomic E-state index is -1.08. The molecule has 2 nitrogen and oxygen atoms in total. The molecule has 0 saturated carbocycles. The Balaban J connectivity index is 2.85. The van der Waals surface area contributed by atoms with E-state index in [0.29, 0.717) is 22.2 Å². The maximum absolute atomic E-state index is 13.0. The van der Waals surface area contributed by atoms with Crippen molar-refractivity contribution in [3.8, 4) is 0 Å². The minimum absolute atomic E-state index is 0.358. The molecule has 0 saturated heterocycles. The molecule has 0 heterocycles. The fourth-order valence-electron chi connectivity index (χ4n) is 1.26. The maximum Gasteiger partial charge on any atom is 0.124 e. The fraction of sp³-hybridized carbons (Fsp3) is 0.400. The van der Waals surface area contributed by atoms with Gasteiger partial charge in [0.25, 0.3) is 0 Å². The summed E-state index contributed by atoms with van der Waals surface area (Å²) < 4.78 is 13.5. The molecule has 0 spiro atoms. The van der Waals surface area contributed by atoms with Crippen molar-refractivity contribution in [2.45, 2.75) is 18.6 Å². The highest BCUT2D eigenvalue weighted by Gasteiger charge is 2.18. The SMILES string of the molecule is OC(CCS)C(O)c1cc(F)cc(Br)c1. The maximum atomic E-state index is 13.0. The van der Waals surface area contributed by atoms with Crippen LogP contribution in [-0.4, -0.2) is 22.1 Å². The lowest BCUT2D eigenvalue weighted by Crippen LogP contribution is -2.18. The zero-order valence-corrected chi connectivity index (χ0v) is 10.4. The van der Waals surface area contributed by atoms with Gasteiger partial charge in [-0.1, -0.05) is 15.9 Å². The number of aliphatic hydroxyl groups excluding tert-OH is 2. The Labute approximate surface area is 102 Å². The fourth-order valence-corrected chi connectivity index (χ4v) is 2.01. The molecule has 84 valence electrons. The molecule has 0 bridgehead atoms. The highest BCUT2D eigenvalue weighted by atomic mass is 79.9. The van der Waals surface area contributed by atoms with Crippen LogP contribution in [0.2, 0.25) is 0 Å². The van der Waals surface area contributed by atoms with Gasteiger partial charge >= 0.3 is 0 Å². The monoisotopic (exact) mass is 294 g/mol. The molecule has 0 fully saturated rings. The van der Waals surface area contributed by atoms with E-state index in [0.717, 1.165) is 0 Å². The molecule has 1 aromatic rings. The molecule has 2 unspecified atom stereocenters. The van der Waals surface area contributed by atoms with E-state index in [2.05, 4.69) is 28.6 Å². The molecule has 15 heavy (non-hydrogen) atoms. The van der Waals surface area contributed by atoms with E-state index in [1.54, 1.807) is 6.07 Å². The molecule has 2 atom stereocenters. The molecule has 2 N–H and O–H groups in total. The van der Waals surface area contributed by atoms with Crippen LogP contribution in [0.4, 0.5) is 4.39 Å². The van der Waals surface area contributed by atoms with Crippen molar-refractivity contribution in [3.05, 3.63) is 34.1 Å². The quantitative estimate of drug-likeness (QED) is 0.746. The smallest absolute Gasteiger partial charge is 0.124 e. The summed E-state index contributed by atoms with van der Waals surface area (Å²) in [4.78, 5) is 0. The van der Waals surface area contributed by atoms with Crippen molar-refractivity contribution in [2.24, 2.45) is 0 Å². The van der Waals surface area contributed by atoms with Gasteiger partial charge in [-0.15, -0.1) is 0 Å². The second-order valence-electron chi connectivity index (χ2n) is 3.23. The van der Waals surface area contributed by atoms with Gasteiger partial charge in [-0.05, 0) is 35.9 Å². The van der Waals surface area contributed by atoms with Crippen molar-refractivity contribution in [1.82, 2.24) is 0 Å². The summed E-state index contributed by atoms with van der Waals surface area (Å²) >= 11 is 7.07. The predicted molar refractivity (Wildman–Crippen MR) is 63.5 cm³/mol. The van der Waals surface area contributed by atoms with Gasteiger partial charge in [-0.2, -0.15) is 12.6 Å². The van der Waals surface area contributed by atoms with Crippen molar-refractivity contribution < 1.29 is 14.6 Å². The second kappa shape index (κ2) is 5.84. The van der Waals surface area contributed by atoms with Crippen LogP contribution in [0, 0.1) is 5.82 Å². The lowest BCUT2D eigenvalue weighted by atomic mass is 10.0. The van der Waals surface area contributed by atoms with E-state index in [-0.39, 0.29) is 0 Å². The zero-order chi connectivity index (χ0) is 11.4. The van der Waals surface area contributed by atoms with Gasteiger partial charge in [0.2, 0.25) is 0 Å². The lowest BCUT2D eigenvalue weighted by Gasteiger charge is -2.17. The van der Waals surface area contributed by atoms with Gasteiger partial charge in [0.15, 0.2) is 0 Å². The minimum Gasteiger partial charge on any atom is -0.390 e. The number of rotatable bonds is 4. The van der Waals surface area contributed by atoms with Gasteiger partial charge in [-0.3, -0.25) is 0 Å². The first-order valence-electron chi connectivity index (χ1n) is 4.47. The molecule has 0 aliphatic rings. The first kappa shape index (κ1) is 13.0. The van der Waals surface area contributed by atoms with Crippen LogP contribution >= 0.6 is 28.6 Å². The van der Waals surface area contributed by atoms with E-state index < -0.39 is 18.0 Å². The summed E-state index contributed by atoms with van der Waals surface area (Å²) in [5.41, 5.74) is 0.358. The topological polar surface area (TPSA) is 40.5 Å². The van der Waals surface area contributed by atoms with Gasteiger partial charge < -0.3 is 10.2 Å². The average Bonchev–Trinajstić information content (AvgIpc) is 2.15. The Morgan fingerprint density at radius 1 is 1.33 bits per heavy atom. The van der Waals surface area contributed by atoms with Crippen LogP contribution < -0.4 is 0 Å². The molecule has 1 aromatic carbocycles. The Kier molecular flexibility index (Phi) is 5.05. The summed E-state index contributed by atoms with van der Waals surface area (Å²) in [5.74, 6) is 0.0193. The molecule has 1 rings (SSSR count). The first-order chi connectivity index (χ1) is 7.04. The third-order valence-electron chi connectivity index (χ3n) is 2.02. The third kappa shape index (κ3) is 3.75. The van der Waals surface area contributed by atoms with Crippen molar-refractivity contribution in [3.63, 3.8) is 0 Å². The van der Waals surface area contributed by atoms with Crippen LogP contribution in [0.5, 0.6) is 0 Å². The van der Waals surface area contributed by atoms with Crippen LogP contribution in [-0.2, 0) is 0 Å². The summed E-state index contributed by atoms with van der Waals surface area (Å²) in [6, 6.07) is 4.08. The molecule has 0 aliphatic carbocycles. The Morgan fingerprint density at radius 2 is 2.00 bits per heavy atom. The largest absolute Gasteiger partial charge is 0.390 e. The highest BCUT2D eigenvalue weighted by Crippen LogP contribution is 2.23. The molecule has 0 amide bonds. The number of hydrogen-bond acceptors (Lipinski definition) is 3. The lowest BCUT2D eigenvalue weighted by molar-refractivity contribution is 0.0170. The molecule has 0 aromatic heterocycles. The Bertz CT molecular complexity index is 315. The van der Waals surface area contributed by atoms with Gasteiger partial charge in [0.05, 0.1) is 6.10 Å². The van der Waals surface area contributed by atoms with Crippen molar-refractivity contribution >= 4 is 28.6 Å². The molecule has 0 radical (unpaired) electrons. The summed E-state index contributed by atoms with van der Waals surface area (Å²) in [6.45, 7) is 0. The van der Waals surface area contributed by atoms with Gasteiger partial charge in [-0.25, -0.2) is 4.39 Å². The Hall–Kier alpha value is -0.100. The number of thiol groups is 1. The second-order valence-corrected chi connectivity index (χ2v) is 4.59. The number of aliphatic hydroxyl groups is 2. The van der Waals surface area contributed by atoms with E-state index in [1.807, 2.05) is 0 Å². The molecule has 5 heteroatoms. The molecule has 0 aliphatic heterocycles. The van der Waals surface area contributed by atoms with E-state index in [1.165, 1.54) is 12.1 Å². The van der Waals surface area contributed by atoms with Gasteiger partial charge in [0.1, 0.15) is 11.9 Å². The first-order valence-corrected chi connectivity index (χ1v) is 5.90.